The van der Waals surface area contributed by atoms with Gasteiger partial charge in [-0.2, -0.15) is 0 Å². The van der Waals surface area contributed by atoms with Gasteiger partial charge in [-0.3, -0.25) is 0 Å². The molecule has 1 fully saturated rings. The van der Waals surface area contributed by atoms with Crippen molar-refractivity contribution >= 4 is 11.8 Å². The first kappa shape index (κ1) is 25.3. The minimum atomic E-state index is 0.345. The predicted octanol–water partition coefficient (Wildman–Crippen LogP) is 7.78. The van der Waals surface area contributed by atoms with Gasteiger partial charge >= 0.3 is 0 Å². The van der Waals surface area contributed by atoms with Gasteiger partial charge in [-0.25, -0.2) is 0 Å². The lowest BCUT2D eigenvalue weighted by molar-refractivity contribution is 0.0283. The summed E-state index contributed by atoms with van der Waals surface area (Å²) in [6.45, 7) is 9.27. The highest BCUT2D eigenvalue weighted by atomic mass is 32.2. The molecule has 0 unspecified atom stereocenters. The lowest BCUT2D eigenvalue weighted by Gasteiger charge is -2.35. The SMILES string of the molecule is CCCCOC[C@@H]1C[C@H](OCCCC)C[C@H](c2cccc(Cc3ccc(CC)cc3)c2)S1. The van der Waals surface area contributed by atoms with E-state index >= 15 is 0 Å². The van der Waals surface area contributed by atoms with Gasteiger partial charge in [0.25, 0.3) is 0 Å². The van der Waals surface area contributed by atoms with Crippen LogP contribution in [0.15, 0.2) is 48.5 Å². The van der Waals surface area contributed by atoms with Gasteiger partial charge in [0, 0.05) is 23.7 Å². The highest BCUT2D eigenvalue weighted by Gasteiger charge is 2.31. The number of benzene rings is 2. The van der Waals surface area contributed by atoms with Gasteiger partial charge in [0.2, 0.25) is 0 Å². The van der Waals surface area contributed by atoms with Gasteiger partial charge in [0.15, 0.2) is 0 Å². The molecule has 0 N–H and O–H groups in total. The number of aryl methyl sites for hydroxylation is 1. The average Bonchev–Trinajstić information content (AvgIpc) is 2.83. The highest BCUT2D eigenvalue weighted by molar-refractivity contribution is 8.00. The van der Waals surface area contributed by atoms with E-state index in [1.54, 1.807) is 0 Å². The Balaban J connectivity index is 1.66. The van der Waals surface area contributed by atoms with E-state index in [9.17, 15) is 0 Å². The molecule has 3 atom stereocenters. The van der Waals surface area contributed by atoms with E-state index < -0.39 is 0 Å². The third-order valence-electron chi connectivity index (χ3n) is 6.32. The van der Waals surface area contributed by atoms with Crippen molar-refractivity contribution < 1.29 is 9.47 Å². The summed E-state index contributed by atoms with van der Waals surface area (Å²) < 4.78 is 12.3. The standard InChI is InChI=1S/C29H42O2S/c1-4-7-16-30-22-28-20-27(31-17-8-5-2)21-29(32-28)26-11-9-10-25(19-26)18-24-14-12-23(6-3)13-15-24/h9-15,19,27-29H,4-8,16-18,20-22H2,1-3H3/t27-,28-,29+/m0/s1. The third-order valence-corrected chi connectivity index (χ3v) is 7.83. The zero-order valence-electron chi connectivity index (χ0n) is 20.4. The molecule has 2 aromatic carbocycles. The van der Waals surface area contributed by atoms with Crippen LogP contribution in [-0.2, 0) is 22.3 Å². The summed E-state index contributed by atoms with van der Waals surface area (Å²) in [5, 5.41) is 1.00. The molecule has 0 aromatic heterocycles. The van der Waals surface area contributed by atoms with E-state index in [1.165, 1.54) is 35.1 Å². The second kappa shape index (κ2) is 14.1. The average molecular weight is 455 g/mol. The van der Waals surface area contributed by atoms with Crippen molar-refractivity contribution in [2.45, 2.75) is 88.7 Å². The van der Waals surface area contributed by atoms with Crippen molar-refractivity contribution in [3.05, 3.63) is 70.8 Å². The van der Waals surface area contributed by atoms with Crippen LogP contribution in [-0.4, -0.2) is 31.2 Å². The Morgan fingerprint density at radius 1 is 0.844 bits per heavy atom. The molecule has 0 radical (unpaired) electrons. The molecule has 3 heteroatoms. The zero-order chi connectivity index (χ0) is 22.6. The largest absolute Gasteiger partial charge is 0.380 e. The quantitative estimate of drug-likeness (QED) is 0.288. The first-order valence-electron chi connectivity index (χ1n) is 12.7. The molecule has 1 aliphatic heterocycles. The van der Waals surface area contributed by atoms with Gasteiger partial charge in [0.05, 0.1) is 12.7 Å². The van der Waals surface area contributed by atoms with Crippen LogP contribution in [0.1, 0.15) is 86.8 Å². The van der Waals surface area contributed by atoms with Crippen LogP contribution in [0.2, 0.25) is 0 Å². The summed E-state index contributed by atoms with van der Waals surface area (Å²) in [7, 11) is 0. The second-order valence-electron chi connectivity index (χ2n) is 9.08. The van der Waals surface area contributed by atoms with E-state index in [4.69, 9.17) is 9.47 Å². The molecule has 1 aliphatic rings. The van der Waals surface area contributed by atoms with Crippen molar-refractivity contribution in [2.24, 2.45) is 0 Å². The lowest BCUT2D eigenvalue weighted by Crippen LogP contribution is -2.30. The lowest BCUT2D eigenvalue weighted by atomic mass is 9.97. The van der Waals surface area contributed by atoms with E-state index in [1.807, 2.05) is 0 Å². The topological polar surface area (TPSA) is 18.5 Å². The molecule has 1 heterocycles. The van der Waals surface area contributed by atoms with E-state index in [0.29, 0.717) is 16.6 Å². The van der Waals surface area contributed by atoms with Crippen LogP contribution in [0, 0.1) is 0 Å². The Hall–Kier alpha value is -1.29. The van der Waals surface area contributed by atoms with Crippen LogP contribution in [0.25, 0.3) is 0 Å². The van der Waals surface area contributed by atoms with Gasteiger partial charge in [-0.05, 0) is 60.8 Å². The summed E-state index contributed by atoms with van der Waals surface area (Å²) in [5.74, 6) is 0. The number of ether oxygens (including phenoxy) is 2. The predicted molar refractivity (Wildman–Crippen MR) is 139 cm³/mol. The van der Waals surface area contributed by atoms with Crippen molar-refractivity contribution in [1.82, 2.24) is 0 Å². The first-order chi connectivity index (χ1) is 15.7. The maximum absolute atomic E-state index is 6.31. The minimum Gasteiger partial charge on any atom is -0.380 e. The Morgan fingerprint density at radius 2 is 1.59 bits per heavy atom. The van der Waals surface area contributed by atoms with Crippen molar-refractivity contribution in [1.29, 1.82) is 0 Å². The summed E-state index contributed by atoms with van der Waals surface area (Å²) in [6.07, 6.45) is 9.34. The fourth-order valence-corrected chi connectivity index (χ4v) is 5.91. The second-order valence-corrected chi connectivity index (χ2v) is 10.6. The number of unbranched alkanes of at least 4 members (excludes halogenated alkanes) is 2. The Labute approximate surface area is 200 Å². The Bertz CT molecular complexity index is 773. The molecule has 2 aromatic rings. The van der Waals surface area contributed by atoms with Crippen molar-refractivity contribution in [2.75, 3.05) is 19.8 Å². The third kappa shape index (κ3) is 8.24. The highest BCUT2D eigenvalue weighted by Crippen LogP contribution is 2.44. The molecule has 2 nitrogen and oxygen atoms in total. The molecular weight excluding hydrogens is 412 g/mol. The van der Waals surface area contributed by atoms with Crippen molar-refractivity contribution in [3.63, 3.8) is 0 Å². The smallest absolute Gasteiger partial charge is 0.0600 e. The molecule has 0 saturated carbocycles. The fourth-order valence-electron chi connectivity index (χ4n) is 4.32. The van der Waals surface area contributed by atoms with E-state index in [0.717, 1.165) is 58.3 Å². The molecule has 0 aliphatic carbocycles. The van der Waals surface area contributed by atoms with E-state index in [2.05, 4.69) is 81.1 Å². The van der Waals surface area contributed by atoms with Gasteiger partial charge in [-0.1, -0.05) is 82.1 Å². The normalized spacial score (nSPS) is 21.0. The molecule has 0 amide bonds. The van der Waals surface area contributed by atoms with Crippen molar-refractivity contribution in [3.8, 4) is 0 Å². The summed E-state index contributed by atoms with van der Waals surface area (Å²) in [5.41, 5.74) is 5.64. The number of hydrogen-bond donors (Lipinski definition) is 0. The fraction of sp³-hybridized carbons (Fsp3) is 0.586. The van der Waals surface area contributed by atoms with Crippen LogP contribution >= 0.6 is 11.8 Å². The number of hydrogen-bond acceptors (Lipinski definition) is 3. The summed E-state index contributed by atoms with van der Waals surface area (Å²) in [6, 6.07) is 18.3. The van der Waals surface area contributed by atoms with Crippen LogP contribution in [0.4, 0.5) is 0 Å². The van der Waals surface area contributed by atoms with Crippen LogP contribution in [0.3, 0.4) is 0 Å². The summed E-state index contributed by atoms with van der Waals surface area (Å²) >= 11 is 2.10. The van der Waals surface area contributed by atoms with Crippen LogP contribution < -0.4 is 0 Å². The molecular formula is C29H42O2S. The zero-order valence-corrected chi connectivity index (χ0v) is 21.2. The Kier molecular flexibility index (Phi) is 11.1. The van der Waals surface area contributed by atoms with Crippen LogP contribution in [0.5, 0.6) is 0 Å². The maximum Gasteiger partial charge on any atom is 0.0600 e. The van der Waals surface area contributed by atoms with Gasteiger partial charge in [-0.15, -0.1) is 11.8 Å². The molecule has 0 spiro atoms. The maximum atomic E-state index is 6.31. The first-order valence-corrected chi connectivity index (χ1v) is 13.7. The van der Waals surface area contributed by atoms with Gasteiger partial charge in [0.1, 0.15) is 0 Å². The molecule has 1 saturated heterocycles. The number of thioether (sulfide) groups is 1. The Morgan fingerprint density at radius 3 is 2.34 bits per heavy atom. The molecule has 3 rings (SSSR count). The molecule has 0 bridgehead atoms. The van der Waals surface area contributed by atoms with E-state index in [-0.39, 0.29) is 0 Å². The number of rotatable bonds is 13. The molecule has 176 valence electrons. The molecule has 32 heavy (non-hydrogen) atoms. The summed E-state index contributed by atoms with van der Waals surface area (Å²) in [4.78, 5) is 0. The van der Waals surface area contributed by atoms with Gasteiger partial charge < -0.3 is 9.47 Å². The minimum absolute atomic E-state index is 0.345. The monoisotopic (exact) mass is 454 g/mol.